The predicted octanol–water partition coefficient (Wildman–Crippen LogP) is 1.22. The number of aromatic nitrogens is 3. The molecule has 0 aromatic carbocycles. The Kier molecular flexibility index (Phi) is 1.68. The summed E-state index contributed by atoms with van der Waals surface area (Å²) in [7, 11) is 0. The molecule has 0 bridgehead atoms. The number of nitrogens with zero attached hydrogens (tertiary/aromatic N) is 3. The minimum atomic E-state index is 0.460. The molecule has 2 unspecified atom stereocenters. The van der Waals surface area contributed by atoms with E-state index >= 15 is 0 Å². The minimum Gasteiger partial charge on any atom is -0.381 e. The molecular weight excluding hydrogens is 178 g/mol. The van der Waals surface area contributed by atoms with Crippen molar-refractivity contribution in [3.63, 3.8) is 0 Å². The topological polar surface area (TPSA) is 39.9 Å². The van der Waals surface area contributed by atoms with Gasteiger partial charge in [0, 0.05) is 12.0 Å². The van der Waals surface area contributed by atoms with Crippen molar-refractivity contribution < 1.29 is 4.74 Å². The molecule has 1 saturated heterocycles. The van der Waals surface area contributed by atoms with E-state index in [0.717, 1.165) is 25.0 Å². The average Bonchev–Trinajstić information content (AvgIpc) is 2.63. The Morgan fingerprint density at radius 2 is 2.14 bits per heavy atom. The smallest absolute Gasteiger partial charge is 0.136 e. The lowest BCUT2D eigenvalue weighted by atomic mass is 10.2. The second kappa shape index (κ2) is 2.79. The van der Waals surface area contributed by atoms with Crippen molar-refractivity contribution >= 4 is 0 Å². The summed E-state index contributed by atoms with van der Waals surface area (Å²) in [5.74, 6) is 3.22. The molecule has 2 aliphatic rings. The second-order valence-corrected chi connectivity index (χ2v) is 4.58. The Balaban J connectivity index is 1.87. The molecule has 76 valence electrons. The monoisotopic (exact) mass is 193 g/mol. The molecule has 1 aromatic rings. The number of rotatable bonds is 2. The third-order valence-corrected chi connectivity index (χ3v) is 3.41. The maximum atomic E-state index is 5.38. The molecule has 2 atom stereocenters. The number of hydrogen-bond acceptors (Lipinski definition) is 3. The van der Waals surface area contributed by atoms with E-state index in [0.29, 0.717) is 12.0 Å². The van der Waals surface area contributed by atoms with E-state index in [1.54, 1.807) is 0 Å². The molecule has 4 heteroatoms. The molecule has 0 amide bonds. The van der Waals surface area contributed by atoms with Gasteiger partial charge in [-0.15, -0.1) is 10.2 Å². The van der Waals surface area contributed by atoms with E-state index in [2.05, 4.69) is 28.6 Å². The standard InChI is InChI=1S/C10H15N3O/c1-6(2)13-5-11-12-10(13)9-7-3-14-4-8(7)9/h5-9H,3-4H2,1-2H3. The van der Waals surface area contributed by atoms with Crippen LogP contribution in [0.15, 0.2) is 6.33 Å². The quantitative estimate of drug-likeness (QED) is 0.709. The Hall–Kier alpha value is -0.900. The molecule has 4 nitrogen and oxygen atoms in total. The highest BCUT2D eigenvalue weighted by molar-refractivity contribution is 5.18. The zero-order chi connectivity index (χ0) is 9.71. The maximum Gasteiger partial charge on any atom is 0.136 e. The molecule has 1 aromatic heterocycles. The highest BCUT2D eigenvalue weighted by Gasteiger charge is 2.56. The van der Waals surface area contributed by atoms with Crippen LogP contribution in [0.25, 0.3) is 0 Å². The van der Waals surface area contributed by atoms with Crippen LogP contribution in [0.4, 0.5) is 0 Å². The van der Waals surface area contributed by atoms with Crippen LogP contribution < -0.4 is 0 Å². The zero-order valence-electron chi connectivity index (χ0n) is 8.55. The van der Waals surface area contributed by atoms with Gasteiger partial charge in [0.2, 0.25) is 0 Å². The summed E-state index contributed by atoms with van der Waals surface area (Å²) in [6, 6.07) is 0.460. The summed E-state index contributed by atoms with van der Waals surface area (Å²) in [5.41, 5.74) is 0. The summed E-state index contributed by atoms with van der Waals surface area (Å²) in [6.07, 6.45) is 1.84. The first-order valence-corrected chi connectivity index (χ1v) is 5.26. The number of fused-ring (bicyclic) bond motifs is 1. The van der Waals surface area contributed by atoms with Crippen LogP contribution in [-0.2, 0) is 4.74 Å². The van der Waals surface area contributed by atoms with Gasteiger partial charge in [0.05, 0.1) is 13.2 Å². The van der Waals surface area contributed by atoms with Gasteiger partial charge in [0.1, 0.15) is 12.2 Å². The second-order valence-electron chi connectivity index (χ2n) is 4.58. The molecule has 1 aliphatic carbocycles. The van der Waals surface area contributed by atoms with Crippen LogP contribution in [0, 0.1) is 11.8 Å². The lowest BCUT2D eigenvalue weighted by Gasteiger charge is -2.10. The van der Waals surface area contributed by atoms with Crippen LogP contribution in [-0.4, -0.2) is 28.0 Å². The van der Waals surface area contributed by atoms with Crippen molar-refractivity contribution in [2.45, 2.75) is 25.8 Å². The first kappa shape index (κ1) is 8.41. The van der Waals surface area contributed by atoms with E-state index in [9.17, 15) is 0 Å². The van der Waals surface area contributed by atoms with E-state index in [4.69, 9.17) is 4.74 Å². The minimum absolute atomic E-state index is 0.460. The zero-order valence-corrected chi connectivity index (χ0v) is 8.55. The van der Waals surface area contributed by atoms with Gasteiger partial charge in [-0.2, -0.15) is 0 Å². The van der Waals surface area contributed by atoms with Crippen LogP contribution in [0.3, 0.4) is 0 Å². The van der Waals surface area contributed by atoms with Crippen molar-refractivity contribution in [3.8, 4) is 0 Å². The highest BCUT2D eigenvalue weighted by atomic mass is 16.5. The van der Waals surface area contributed by atoms with Crippen LogP contribution in [0.2, 0.25) is 0 Å². The van der Waals surface area contributed by atoms with Crippen molar-refractivity contribution in [3.05, 3.63) is 12.2 Å². The molecule has 0 radical (unpaired) electrons. The van der Waals surface area contributed by atoms with Crippen molar-refractivity contribution in [1.29, 1.82) is 0 Å². The molecule has 1 saturated carbocycles. The molecular formula is C10H15N3O. The number of ether oxygens (including phenoxy) is 1. The lowest BCUT2D eigenvalue weighted by Crippen LogP contribution is -2.08. The van der Waals surface area contributed by atoms with E-state index < -0.39 is 0 Å². The molecule has 1 aliphatic heterocycles. The summed E-state index contributed by atoms with van der Waals surface area (Å²) < 4.78 is 7.56. The summed E-state index contributed by atoms with van der Waals surface area (Å²) in [4.78, 5) is 0. The Bertz CT molecular complexity index is 337. The van der Waals surface area contributed by atoms with Gasteiger partial charge in [-0.3, -0.25) is 0 Å². The fraction of sp³-hybridized carbons (Fsp3) is 0.800. The third kappa shape index (κ3) is 1.03. The van der Waals surface area contributed by atoms with E-state index in [1.165, 1.54) is 5.82 Å². The Morgan fingerprint density at radius 1 is 1.43 bits per heavy atom. The molecule has 2 heterocycles. The number of hydrogen-bond donors (Lipinski definition) is 0. The summed E-state index contributed by atoms with van der Waals surface area (Å²) >= 11 is 0. The fourth-order valence-electron chi connectivity index (χ4n) is 2.51. The summed E-state index contributed by atoms with van der Waals surface area (Å²) in [6.45, 7) is 6.17. The van der Waals surface area contributed by atoms with Crippen LogP contribution in [0.5, 0.6) is 0 Å². The first-order chi connectivity index (χ1) is 6.79. The maximum absolute atomic E-state index is 5.38. The molecule has 2 fully saturated rings. The largest absolute Gasteiger partial charge is 0.381 e. The average molecular weight is 193 g/mol. The van der Waals surface area contributed by atoms with Crippen LogP contribution >= 0.6 is 0 Å². The normalized spacial score (nSPS) is 34.9. The predicted molar refractivity (Wildman–Crippen MR) is 50.9 cm³/mol. The molecule has 0 N–H and O–H groups in total. The SMILES string of the molecule is CC(C)n1cnnc1C1C2COCC21. The Morgan fingerprint density at radius 3 is 2.79 bits per heavy atom. The van der Waals surface area contributed by atoms with Gasteiger partial charge in [-0.25, -0.2) is 0 Å². The van der Waals surface area contributed by atoms with E-state index in [1.807, 2.05) is 6.33 Å². The van der Waals surface area contributed by atoms with Gasteiger partial charge in [-0.05, 0) is 25.7 Å². The van der Waals surface area contributed by atoms with Crippen LogP contribution in [0.1, 0.15) is 31.6 Å². The van der Waals surface area contributed by atoms with Gasteiger partial charge in [0.15, 0.2) is 0 Å². The van der Waals surface area contributed by atoms with Crippen molar-refractivity contribution in [2.24, 2.45) is 11.8 Å². The molecule has 0 spiro atoms. The van der Waals surface area contributed by atoms with E-state index in [-0.39, 0.29) is 0 Å². The lowest BCUT2D eigenvalue weighted by molar-refractivity contribution is 0.158. The highest BCUT2D eigenvalue weighted by Crippen LogP contribution is 2.56. The van der Waals surface area contributed by atoms with Crippen molar-refractivity contribution in [1.82, 2.24) is 14.8 Å². The Labute approximate surface area is 83.3 Å². The van der Waals surface area contributed by atoms with Gasteiger partial charge in [0.25, 0.3) is 0 Å². The molecule has 14 heavy (non-hydrogen) atoms. The van der Waals surface area contributed by atoms with Gasteiger partial charge >= 0.3 is 0 Å². The molecule has 3 rings (SSSR count). The van der Waals surface area contributed by atoms with Gasteiger partial charge < -0.3 is 9.30 Å². The van der Waals surface area contributed by atoms with Crippen molar-refractivity contribution in [2.75, 3.05) is 13.2 Å². The fourth-order valence-corrected chi connectivity index (χ4v) is 2.51. The third-order valence-electron chi connectivity index (χ3n) is 3.41. The van der Waals surface area contributed by atoms with Gasteiger partial charge in [-0.1, -0.05) is 0 Å². The summed E-state index contributed by atoms with van der Waals surface area (Å²) in [5, 5.41) is 8.24. The first-order valence-electron chi connectivity index (χ1n) is 5.26.